The summed E-state index contributed by atoms with van der Waals surface area (Å²) in [5.41, 5.74) is -2.40. The van der Waals surface area contributed by atoms with Crippen molar-refractivity contribution >= 4 is 11.6 Å². The topological polar surface area (TPSA) is 104 Å². The number of fused-ring (bicyclic) bond motifs is 5. The lowest BCUT2D eigenvalue weighted by Gasteiger charge is -2.60. The average molecular weight is 437 g/mol. The molecule has 5 fully saturated rings. The van der Waals surface area contributed by atoms with Gasteiger partial charge in [0.15, 0.2) is 5.78 Å². The predicted molar refractivity (Wildman–Crippen MR) is 115 cm³/mol. The van der Waals surface area contributed by atoms with Gasteiger partial charge in [-0.2, -0.15) is 0 Å². The third kappa shape index (κ3) is 3.62. The molecule has 31 heavy (non-hydrogen) atoms. The zero-order valence-corrected chi connectivity index (χ0v) is 19.1. The maximum Gasteiger partial charge on any atom is 0.190 e. The molecule has 1 aliphatic heterocycles. The van der Waals surface area contributed by atoms with E-state index in [1.807, 2.05) is 6.92 Å². The first-order valence-corrected chi connectivity index (χ1v) is 12.3. The molecule has 5 rings (SSSR count). The molecule has 1 heterocycles. The van der Waals surface area contributed by atoms with Gasteiger partial charge in [-0.05, 0) is 81.0 Å². The van der Waals surface area contributed by atoms with Gasteiger partial charge in [-0.25, -0.2) is 0 Å². The Morgan fingerprint density at radius 3 is 2.42 bits per heavy atom. The first-order valence-electron chi connectivity index (χ1n) is 12.3. The van der Waals surface area contributed by atoms with E-state index < -0.39 is 23.4 Å². The molecule has 0 aromatic carbocycles. The highest BCUT2D eigenvalue weighted by Gasteiger charge is 2.68. The molecule has 1 saturated heterocycles. The monoisotopic (exact) mass is 436 g/mol. The molecule has 6 heteroatoms. The second kappa shape index (κ2) is 8.51. The largest absolute Gasteiger partial charge is 0.393 e. The van der Waals surface area contributed by atoms with Crippen LogP contribution < -0.4 is 0 Å². The van der Waals surface area contributed by atoms with E-state index in [4.69, 9.17) is 4.74 Å². The quantitative estimate of drug-likeness (QED) is 0.615. The lowest BCUT2D eigenvalue weighted by molar-refractivity contribution is -0.180. The van der Waals surface area contributed by atoms with E-state index in [2.05, 4.69) is 6.92 Å². The van der Waals surface area contributed by atoms with E-state index in [-0.39, 0.29) is 41.5 Å². The highest BCUT2D eigenvalue weighted by Crippen LogP contribution is 2.67. The smallest absolute Gasteiger partial charge is 0.190 e. The van der Waals surface area contributed by atoms with Crippen molar-refractivity contribution in [1.82, 2.24) is 0 Å². The predicted octanol–water partition coefficient (Wildman–Crippen LogP) is 2.66. The van der Waals surface area contributed by atoms with Crippen molar-refractivity contribution < 1.29 is 29.6 Å². The van der Waals surface area contributed by atoms with Crippen molar-refractivity contribution in [3.63, 3.8) is 0 Å². The number of hydrogen-bond acceptors (Lipinski definition) is 6. The lowest BCUT2D eigenvalue weighted by Crippen LogP contribution is -2.62. The summed E-state index contributed by atoms with van der Waals surface area (Å²) in [6.07, 6.45) is 8.03. The molecule has 0 radical (unpaired) electrons. The number of Topliss-reactive ketones (excluding diaryl/α,β-unsaturated/α-hetero) is 2. The van der Waals surface area contributed by atoms with Crippen LogP contribution in [0.4, 0.5) is 0 Å². The summed E-state index contributed by atoms with van der Waals surface area (Å²) in [6, 6.07) is 0. The second-order valence-electron chi connectivity index (χ2n) is 11.3. The van der Waals surface area contributed by atoms with Crippen LogP contribution in [0.1, 0.15) is 78.1 Å². The standard InChI is InChI=1S/C21H32O5.C4H8O/c1-19-7-5-13(23)9-12(19)3-4-14-15-6-8-21(26,17(25)11-22)20(15,2)10-16(24)18(14)19;1-2-4-5-3-1/h12-15,18,22-23,26H,3-11H2,1-2H3;1-4H2/t12-,13-,14+,15+,18-,19+,20+,21+;/m1./s1. The Morgan fingerprint density at radius 2 is 1.81 bits per heavy atom. The minimum absolute atomic E-state index is 0.0154. The lowest BCUT2D eigenvalue weighted by atomic mass is 9.44. The summed E-state index contributed by atoms with van der Waals surface area (Å²) in [5.74, 6) is 0.380. The van der Waals surface area contributed by atoms with Gasteiger partial charge in [0, 0.05) is 31.0 Å². The minimum Gasteiger partial charge on any atom is -0.393 e. The number of aliphatic hydroxyl groups is 3. The van der Waals surface area contributed by atoms with Crippen LogP contribution in [-0.4, -0.2) is 58.4 Å². The summed E-state index contributed by atoms with van der Waals surface area (Å²) in [6.45, 7) is 5.46. The Morgan fingerprint density at radius 1 is 1.10 bits per heavy atom. The minimum atomic E-state index is -1.58. The number of aliphatic hydroxyl groups excluding tert-OH is 2. The Kier molecular flexibility index (Phi) is 6.41. The SMILES string of the molecule is C1CCOC1.C[C@]12CC[C@@H](O)C[C@H]1CC[C@@H]1[C@@H]2C(=O)C[C@@]2(C)[C@H]1CC[C@]2(O)C(=O)CO. The van der Waals surface area contributed by atoms with Gasteiger partial charge in [-0.1, -0.05) is 13.8 Å². The van der Waals surface area contributed by atoms with E-state index in [1.165, 1.54) is 12.8 Å². The van der Waals surface area contributed by atoms with Gasteiger partial charge in [0.25, 0.3) is 0 Å². The summed E-state index contributed by atoms with van der Waals surface area (Å²) in [4.78, 5) is 25.7. The molecule has 0 bridgehead atoms. The van der Waals surface area contributed by atoms with Crippen molar-refractivity contribution in [2.24, 2.45) is 34.5 Å². The van der Waals surface area contributed by atoms with E-state index in [0.717, 1.165) is 51.7 Å². The molecule has 4 aliphatic carbocycles. The molecule has 0 unspecified atom stereocenters. The molecular weight excluding hydrogens is 396 g/mol. The average Bonchev–Trinajstić information content (AvgIpc) is 3.39. The summed E-state index contributed by atoms with van der Waals surface area (Å²) in [5, 5.41) is 30.6. The molecule has 176 valence electrons. The van der Waals surface area contributed by atoms with Gasteiger partial charge >= 0.3 is 0 Å². The normalized spacial score (nSPS) is 48.8. The third-order valence-corrected chi connectivity index (χ3v) is 9.91. The van der Waals surface area contributed by atoms with E-state index in [9.17, 15) is 24.9 Å². The van der Waals surface area contributed by atoms with Crippen molar-refractivity contribution in [1.29, 1.82) is 0 Å². The van der Waals surface area contributed by atoms with Crippen LogP contribution in [0.25, 0.3) is 0 Å². The molecule has 0 aromatic heterocycles. The fourth-order valence-corrected chi connectivity index (χ4v) is 8.15. The first kappa shape index (κ1) is 23.3. The number of carbonyl (C=O) groups is 2. The highest BCUT2D eigenvalue weighted by molar-refractivity contribution is 5.92. The van der Waals surface area contributed by atoms with Crippen LogP contribution in [0.2, 0.25) is 0 Å². The summed E-state index contributed by atoms with van der Waals surface area (Å²) < 4.78 is 4.94. The van der Waals surface area contributed by atoms with Crippen molar-refractivity contribution in [3.8, 4) is 0 Å². The van der Waals surface area contributed by atoms with Crippen LogP contribution in [0.5, 0.6) is 0 Å². The van der Waals surface area contributed by atoms with Crippen molar-refractivity contribution in [2.75, 3.05) is 19.8 Å². The third-order valence-electron chi connectivity index (χ3n) is 9.91. The maximum absolute atomic E-state index is 13.4. The van der Waals surface area contributed by atoms with Crippen LogP contribution in [0, 0.1) is 34.5 Å². The second-order valence-corrected chi connectivity index (χ2v) is 11.3. The van der Waals surface area contributed by atoms with Crippen molar-refractivity contribution in [3.05, 3.63) is 0 Å². The van der Waals surface area contributed by atoms with Crippen LogP contribution >= 0.6 is 0 Å². The molecule has 6 nitrogen and oxygen atoms in total. The van der Waals surface area contributed by atoms with E-state index in [1.54, 1.807) is 0 Å². The maximum atomic E-state index is 13.4. The van der Waals surface area contributed by atoms with Gasteiger partial charge in [0.05, 0.1) is 6.10 Å². The fraction of sp³-hybridized carbons (Fsp3) is 0.920. The Labute approximate surface area is 185 Å². The number of hydrogen-bond donors (Lipinski definition) is 3. The van der Waals surface area contributed by atoms with Crippen LogP contribution in [0.3, 0.4) is 0 Å². The van der Waals surface area contributed by atoms with Gasteiger partial charge in [0.1, 0.15) is 18.0 Å². The van der Waals surface area contributed by atoms with Gasteiger partial charge < -0.3 is 20.1 Å². The summed E-state index contributed by atoms with van der Waals surface area (Å²) >= 11 is 0. The molecule has 8 atom stereocenters. The number of rotatable bonds is 2. The zero-order chi connectivity index (χ0) is 22.4. The molecule has 4 saturated carbocycles. The van der Waals surface area contributed by atoms with Crippen LogP contribution in [-0.2, 0) is 14.3 Å². The highest BCUT2D eigenvalue weighted by atomic mass is 16.5. The summed E-state index contributed by atoms with van der Waals surface area (Å²) in [7, 11) is 0. The Bertz CT molecular complexity index is 697. The van der Waals surface area contributed by atoms with Gasteiger partial charge in [0.2, 0.25) is 0 Å². The van der Waals surface area contributed by atoms with Gasteiger partial charge in [-0.15, -0.1) is 0 Å². The zero-order valence-electron chi connectivity index (χ0n) is 19.1. The van der Waals surface area contributed by atoms with E-state index in [0.29, 0.717) is 12.3 Å². The number of carbonyl (C=O) groups excluding carboxylic acids is 2. The van der Waals surface area contributed by atoms with E-state index >= 15 is 0 Å². The molecule has 5 aliphatic rings. The molecule has 0 aromatic rings. The van der Waals surface area contributed by atoms with Crippen LogP contribution in [0.15, 0.2) is 0 Å². The Balaban J connectivity index is 0.000000407. The Hall–Kier alpha value is -0.820. The van der Waals surface area contributed by atoms with Crippen molar-refractivity contribution in [2.45, 2.75) is 89.8 Å². The molecule has 0 spiro atoms. The first-order chi connectivity index (χ1) is 14.7. The molecular formula is C25H40O6. The number of ketones is 2. The molecule has 3 N–H and O–H groups in total. The van der Waals surface area contributed by atoms with Gasteiger partial charge in [-0.3, -0.25) is 9.59 Å². The number of ether oxygens (including phenoxy) is 1. The fourth-order valence-electron chi connectivity index (χ4n) is 8.15. The molecule has 0 amide bonds.